The van der Waals surface area contributed by atoms with Gasteiger partial charge in [-0.3, -0.25) is 0 Å². The van der Waals surface area contributed by atoms with E-state index >= 15 is 0 Å². The van der Waals surface area contributed by atoms with Crippen molar-refractivity contribution in [1.29, 1.82) is 0 Å². The molecule has 33 heavy (non-hydrogen) atoms. The molecule has 1 aliphatic heterocycles. The first-order valence-corrected chi connectivity index (χ1v) is 11.7. The molecular formula is C25H31N7O. The molecule has 0 unspecified atom stereocenters. The maximum atomic E-state index is 10.8. The summed E-state index contributed by atoms with van der Waals surface area (Å²) in [6.45, 7) is 7.92. The number of aryl methyl sites for hydroxylation is 3. The van der Waals surface area contributed by atoms with Crippen molar-refractivity contribution in [1.82, 2.24) is 34.9 Å². The lowest BCUT2D eigenvalue weighted by Gasteiger charge is -2.31. The topological polar surface area (TPSA) is 93.2 Å². The highest BCUT2D eigenvalue weighted by molar-refractivity contribution is 5.54. The van der Waals surface area contributed by atoms with Gasteiger partial charge in [-0.05, 0) is 70.0 Å². The van der Waals surface area contributed by atoms with Crippen molar-refractivity contribution in [3.8, 4) is 5.69 Å². The molecule has 0 saturated carbocycles. The van der Waals surface area contributed by atoms with Gasteiger partial charge in [0.2, 0.25) is 0 Å². The fraction of sp³-hybridized carbons (Fsp3) is 0.440. The van der Waals surface area contributed by atoms with Crippen LogP contribution in [0, 0.1) is 13.8 Å². The Bertz CT molecular complexity index is 1270. The molecule has 8 nitrogen and oxygen atoms in total. The number of nitrogens with zero attached hydrogens (tertiary/aromatic N) is 6. The monoisotopic (exact) mass is 445 g/mol. The molecule has 0 bridgehead atoms. The normalized spacial score (nSPS) is 15.9. The molecule has 0 spiro atoms. The maximum Gasteiger partial charge on any atom is 0.159 e. The summed E-state index contributed by atoms with van der Waals surface area (Å²) in [6, 6.07) is 10.4. The SMILES string of the molecule is CCc1nn2c(C)cc(C)nc2c1Cc1ccc(-n2cc(CC3(O)CCNCC3)nn2)cc1. The van der Waals surface area contributed by atoms with E-state index in [0.29, 0.717) is 6.42 Å². The van der Waals surface area contributed by atoms with Gasteiger partial charge in [-0.1, -0.05) is 24.3 Å². The van der Waals surface area contributed by atoms with E-state index in [1.807, 2.05) is 17.6 Å². The van der Waals surface area contributed by atoms with Crippen molar-refractivity contribution in [2.24, 2.45) is 0 Å². The van der Waals surface area contributed by atoms with Gasteiger partial charge >= 0.3 is 0 Å². The molecule has 4 aromatic rings. The Morgan fingerprint density at radius 1 is 1.12 bits per heavy atom. The van der Waals surface area contributed by atoms with Crippen LogP contribution in [0.3, 0.4) is 0 Å². The first-order valence-electron chi connectivity index (χ1n) is 11.7. The quantitative estimate of drug-likeness (QED) is 0.474. The van der Waals surface area contributed by atoms with Crippen LogP contribution < -0.4 is 5.32 Å². The first-order chi connectivity index (χ1) is 15.9. The van der Waals surface area contributed by atoms with Gasteiger partial charge in [0.15, 0.2) is 5.65 Å². The molecule has 3 aromatic heterocycles. The zero-order valence-electron chi connectivity index (χ0n) is 19.5. The standard InChI is InChI=1S/C25H31N7O/c1-4-23-22(24-27-17(2)13-18(3)32(24)29-23)14-19-5-7-21(8-6-19)31-16-20(28-30-31)15-25(33)9-11-26-12-10-25/h5-8,13,16,26,33H,4,9-12,14-15H2,1-3H3. The fourth-order valence-electron chi connectivity index (χ4n) is 4.76. The predicted molar refractivity (Wildman–Crippen MR) is 127 cm³/mol. The summed E-state index contributed by atoms with van der Waals surface area (Å²) in [6.07, 6.45) is 5.60. The summed E-state index contributed by atoms with van der Waals surface area (Å²) in [5.74, 6) is 0. The minimum Gasteiger partial charge on any atom is -0.389 e. The average Bonchev–Trinajstić information content (AvgIpc) is 3.39. The van der Waals surface area contributed by atoms with E-state index in [0.717, 1.165) is 72.9 Å². The van der Waals surface area contributed by atoms with Gasteiger partial charge in [0, 0.05) is 29.8 Å². The van der Waals surface area contributed by atoms with Crippen molar-refractivity contribution in [3.05, 3.63) is 70.4 Å². The van der Waals surface area contributed by atoms with Gasteiger partial charge in [-0.2, -0.15) is 5.10 Å². The molecular weight excluding hydrogens is 414 g/mol. The summed E-state index contributed by atoms with van der Waals surface area (Å²) in [5, 5.41) is 27.5. The number of nitrogens with one attached hydrogen (secondary N) is 1. The summed E-state index contributed by atoms with van der Waals surface area (Å²) < 4.78 is 3.74. The van der Waals surface area contributed by atoms with Crippen LogP contribution in [-0.2, 0) is 19.3 Å². The second kappa shape index (κ2) is 8.68. The van der Waals surface area contributed by atoms with Crippen LogP contribution in [0.4, 0.5) is 0 Å². The van der Waals surface area contributed by atoms with Crippen LogP contribution in [0.15, 0.2) is 36.5 Å². The molecule has 0 amide bonds. The zero-order valence-corrected chi connectivity index (χ0v) is 19.5. The van der Waals surface area contributed by atoms with E-state index in [-0.39, 0.29) is 0 Å². The predicted octanol–water partition coefficient (Wildman–Crippen LogP) is 2.74. The van der Waals surface area contributed by atoms with Crippen LogP contribution in [0.2, 0.25) is 0 Å². The van der Waals surface area contributed by atoms with Crippen molar-refractivity contribution >= 4 is 5.65 Å². The van der Waals surface area contributed by atoms with Crippen molar-refractivity contribution in [3.63, 3.8) is 0 Å². The number of fused-ring (bicyclic) bond motifs is 1. The summed E-state index contributed by atoms with van der Waals surface area (Å²) in [5.41, 5.74) is 7.63. The molecule has 0 aliphatic carbocycles. The Kier molecular flexibility index (Phi) is 5.72. The average molecular weight is 446 g/mol. The van der Waals surface area contributed by atoms with E-state index in [1.165, 1.54) is 11.1 Å². The number of rotatable bonds is 6. The molecule has 4 heterocycles. The van der Waals surface area contributed by atoms with Crippen molar-refractivity contribution in [2.45, 2.75) is 58.5 Å². The lowest BCUT2D eigenvalue weighted by molar-refractivity contribution is 0.01000. The van der Waals surface area contributed by atoms with E-state index < -0.39 is 5.60 Å². The number of aliphatic hydroxyl groups is 1. The van der Waals surface area contributed by atoms with Crippen LogP contribution >= 0.6 is 0 Å². The minimum absolute atomic E-state index is 0.535. The molecule has 5 rings (SSSR count). The van der Waals surface area contributed by atoms with E-state index in [9.17, 15) is 5.11 Å². The lowest BCUT2D eigenvalue weighted by Crippen LogP contribution is -2.43. The highest BCUT2D eigenvalue weighted by Crippen LogP contribution is 2.24. The minimum atomic E-state index is -0.688. The number of aromatic nitrogens is 6. The molecule has 1 aliphatic rings. The van der Waals surface area contributed by atoms with Gasteiger partial charge in [-0.25, -0.2) is 14.2 Å². The number of benzene rings is 1. The third kappa shape index (κ3) is 4.41. The van der Waals surface area contributed by atoms with Crippen LogP contribution in [0.25, 0.3) is 11.3 Å². The summed E-state index contributed by atoms with van der Waals surface area (Å²) >= 11 is 0. The van der Waals surface area contributed by atoms with Crippen LogP contribution in [-0.4, -0.2) is 53.4 Å². The smallest absolute Gasteiger partial charge is 0.159 e. The molecule has 8 heteroatoms. The van der Waals surface area contributed by atoms with Gasteiger partial charge in [-0.15, -0.1) is 5.10 Å². The second-order valence-corrected chi connectivity index (χ2v) is 9.20. The van der Waals surface area contributed by atoms with Crippen molar-refractivity contribution < 1.29 is 5.11 Å². The highest BCUT2D eigenvalue weighted by atomic mass is 16.3. The Morgan fingerprint density at radius 2 is 1.88 bits per heavy atom. The zero-order chi connectivity index (χ0) is 23.0. The Hall–Kier alpha value is -3.10. The Morgan fingerprint density at radius 3 is 2.61 bits per heavy atom. The van der Waals surface area contributed by atoms with Gasteiger partial charge in [0.05, 0.1) is 28.9 Å². The summed E-state index contributed by atoms with van der Waals surface area (Å²) in [7, 11) is 0. The third-order valence-electron chi connectivity index (χ3n) is 6.58. The molecule has 2 N–H and O–H groups in total. The van der Waals surface area contributed by atoms with E-state index in [1.54, 1.807) is 4.68 Å². The van der Waals surface area contributed by atoms with Gasteiger partial charge in [0.25, 0.3) is 0 Å². The Labute approximate surface area is 193 Å². The number of hydrogen-bond donors (Lipinski definition) is 2. The molecule has 1 aromatic carbocycles. The lowest BCUT2D eigenvalue weighted by atomic mass is 9.88. The molecule has 0 radical (unpaired) electrons. The van der Waals surface area contributed by atoms with Crippen LogP contribution in [0.1, 0.15) is 53.7 Å². The van der Waals surface area contributed by atoms with Gasteiger partial charge in [0.1, 0.15) is 0 Å². The first kappa shape index (κ1) is 21.7. The highest BCUT2D eigenvalue weighted by Gasteiger charge is 2.30. The van der Waals surface area contributed by atoms with Crippen molar-refractivity contribution in [2.75, 3.05) is 13.1 Å². The van der Waals surface area contributed by atoms with Gasteiger partial charge < -0.3 is 10.4 Å². The fourth-order valence-corrected chi connectivity index (χ4v) is 4.76. The largest absolute Gasteiger partial charge is 0.389 e. The maximum absolute atomic E-state index is 10.8. The van der Waals surface area contributed by atoms with E-state index in [2.05, 4.69) is 59.8 Å². The molecule has 1 saturated heterocycles. The third-order valence-corrected chi connectivity index (χ3v) is 6.58. The molecule has 1 fully saturated rings. The number of piperidine rings is 1. The van der Waals surface area contributed by atoms with E-state index in [4.69, 9.17) is 10.1 Å². The second-order valence-electron chi connectivity index (χ2n) is 9.20. The Balaban J connectivity index is 1.35. The van der Waals surface area contributed by atoms with Crippen LogP contribution in [0.5, 0.6) is 0 Å². The summed E-state index contributed by atoms with van der Waals surface area (Å²) in [4.78, 5) is 4.78. The molecule has 172 valence electrons. The molecule has 0 atom stereocenters. The number of hydrogen-bond acceptors (Lipinski definition) is 6.